The Hall–Kier alpha value is -2.22. The number of rotatable bonds is 3. The maximum absolute atomic E-state index is 12.0. The summed E-state index contributed by atoms with van der Waals surface area (Å²) < 4.78 is 24.7. The van der Waals surface area contributed by atoms with Crippen molar-refractivity contribution < 1.29 is 13.3 Å². The van der Waals surface area contributed by atoms with E-state index in [1.54, 1.807) is 0 Å². The average Bonchev–Trinajstić information content (AvgIpc) is 2.83. The molecule has 2 rings (SSSR count). The van der Waals surface area contributed by atoms with Crippen LogP contribution in [-0.2, 0) is 10.0 Å². The first-order chi connectivity index (χ1) is 8.03. The Kier molecular flexibility index (Phi) is 2.64. The summed E-state index contributed by atoms with van der Waals surface area (Å²) in [6.07, 6.45) is 2.50. The molecule has 0 aliphatic heterocycles. The van der Waals surface area contributed by atoms with E-state index in [2.05, 4.69) is 5.10 Å². The molecule has 7 nitrogen and oxygen atoms in total. The zero-order valence-electron chi connectivity index (χ0n) is 8.42. The molecule has 1 heterocycles. The van der Waals surface area contributed by atoms with Crippen LogP contribution in [0.3, 0.4) is 0 Å². The molecule has 0 atom stereocenters. The molecule has 1 aromatic heterocycles. The monoisotopic (exact) mass is 253 g/mol. The van der Waals surface area contributed by atoms with Crippen molar-refractivity contribution in [2.75, 3.05) is 0 Å². The van der Waals surface area contributed by atoms with Crippen LogP contribution >= 0.6 is 0 Å². The third-order valence-corrected chi connectivity index (χ3v) is 3.68. The van der Waals surface area contributed by atoms with Gasteiger partial charge < -0.3 is 0 Å². The second-order valence-corrected chi connectivity index (χ2v) is 4.87. The van der Waals surface area contributed by atoms with Gasteiger partial charge in [-0.1, -0.05) is 12.1 Å². The lowest BCUT2D eigenvalue weighted by molar-refractivity contribution is -0.387. The Morgan fingerprint density at radius 3 is 2.53 bits per heavy atom. The molecule has 0 radical (unpaired) electrons. The Balaban J connectivity index is 2.67. The van der Waals surface area contributed by atoms with Gasteiger partial charge in [0, 0.05) is 12.3 Å². The summed E-state index contributed by atoms with van der Waals surface area (Å²) in [5, 5.41) is 14.3. The summed E-state index contributed by atoms with van der Waals surface area (Å²) in [6, 6.07) is 6.56. The van der Waals surface area contributed by atoms with E-state index in [1.165, 1.54) is 36.7 Å². The maximum Gasteiger partial charge on any atom is 0.289 e. The van der Waals surface area contributed by atoms with Crippen LogP contribution < -0.4 is 0 Å². The smallest absolute Gasteiger partial charge is 0.258 e. The third-order valence-electron chi connectivity index (χ3n) is 2.07. The van der Waals surface area contributed by atoms with E-state index < -0.39 is 20.6 Å². The molecule has 0 fully saturated rings. The zero-order valence-corrected chi connectivity index (χ0v) is 9.24. The summed E-state index contributed by atoms with van der Waals surface area (Å²) in [6.45, 7) is 0. The molecule has 0 aliphatic rings. The van der Waals surface area contributed by atoms with Gasteiger partial charge in [-0.25, -0.2) is 0 Å². The summed E-state index contributed by atoms with van der Waals surface area (Å²) in [5.74, 6) is 0. The Bertz CT molecular complexity index is 649. The van der Waals surface area contributed by atoms with E-state index in [9.17, 15) is 18.5 Å². The van der Waals surface area contributed by atoms with Crippen molar-refractivity contribution in [3.63, 3.8) is 0 Å². The Morgan fingerprint density at radius 2 is 1.94 bits per heavy atom. The largest absolute Gasteiger partial charge is 0.289 e. The van der Waals surface area contributed by atoms with Crippen molar-refractivity contribution in [1.29, 1.82) is 0 Å². The van der Waals surface area contributed by atoms with Gasteiger partial charge in [-0.15, -0.1) is 0 Å². The molecule has 2 aromatic rings. The first-order valence-corrected chi connectivity index (χ1v) is 5.96. The first kappa shape index (κ1) is 11.3. The fourth-order valence-corrected chi connectivity index (χ4v) is 2.59. The fraction of sp³-hybridized carbons (Fsp3) is 0. The lowest BCUT2D eigenvalue weighted by Gasteiger charge is -2.04. The second kappa shape index (κ2) is 3.98. The normalized spacial score (nSPS) is 11.3. The van der Waals surface area contributed by atoms with Gasteiger partial charge in [0.25, 0.3) is 15.7 Å². The average molecular weight is 253 g/mol. The van der Waals surface area contributed by atoms with Gasteiger partial charge in [0.05, 0.1) is 11.1 Å². The predicted molar refractivity (Wildman–Crippen MR) is 57.9 cm³/mol. The van der Waals surface area contributed by atoms with Crippen LogP contribution in [0.1, 0.15) is 0 Å². The number of aromatic nitrogens is 2. The molecule has 1 aromatic carbocycles. The van der Waals surface area contributed by atoms with Crippen LogP contribution in [0.15, 0.2) is 47.6 Å². The van der Waals surface area contributed by atoms with E-state index >= 15 is 0 Å². The highest BCUT2D eigenvalue weighted by atomic mass is 32.2. The van der Waals surface area contributed by atoms with Crippen molar-refractivity contribution in [3.05, 3.63) is 52.8 Å². The zero-order chi connectivity index (χ0) is 12.5. The van der Waals surface area contributed by atoms with Gasteiger partial charge in [-0.2, -0.15) is 17.6 Å². The molecule has 0 bridgehead atoms. The van der Waals surface area contributed by atoms with E-state index in [4.69, 9.17) is 0 Å². The summed E-state index contributed by atoms with van der Waals surface area (Å²) in [7, 11) is -4.01. The lowest BCUT2D eigenvalue weighted by Crippen LogP contribution is -2.14. The topological polar surface area (TPSA) is 95.1 Å². The van der Waals surface area contributed by atoms with Crippen LogP contribution in [0.5, 0.6) is 0 Å². The highest BCUT2D eigenvalue weighted by Crippen LogP contribution is 2.24. The van der Waals surface area contributed by atoms with E-state index in [0.717, 1.165) is 6.07 Å². The number of nitro benzene ring substituents is 1. The number of nitrogens with zero attached hydrogens (tertiary/aromatic N) is 3. The van der Waals surface area contributed by atoms with Crippen molar-refractivity contribution >= 4 is 15.7 Å². The quantitative estimate of drug-likeness (QED) is 0.601. The Labute approximate surface area is 96.5 Å². The number of nitro groups is 1. The first-order valence-electron chi connectivity index (χ1n) is 4.52. The fourth-order valence-electron chi connectivity index (χ4n) is 1.32. The van der Waals surface area contributed by atoms with Crippen LogP contribution in [0.4, 0.5) is 5.69 Å². The van der Waals surface area contributed by atoms with Gasteiger partial charge in [0.1, 0.15) is 0 Å². The van der Waals surface area contributed by atoms with Crippen LogP contribution in [0.25, 0.3) is 0 Å². The van der Waals surface area contributed by atoms with Crippen molar-refractivity contribution in [1.82, 2.24) is 9.19 Å². The van der Waals surface area contributed by atoms with Crippen molar-refractivity contribution in [2.45, 2.75) is 4.90 Å². The maximum atomic E-state index is 12.0. The third kappa shape index (κ3) is 1.89. The van der Waals surface area contributed by atoms with Crippen LogP contribution in [-0.4, -0.2) is 22.5 Å². The highest BCUT2D eigenvalue weighted by molar-refractivity contribution is 7.90. The minimum atomic E-state index is -4.01. The van der Waals surface area contributed by atoms with Gasteiger partial charge in [-0.05, 0) is 12.1 Å². The number of para-hydroxylation sites is 1. The van der Waals surface area contributed by atoms with Gasteiger partial charge in [0.2, 0.25) is 0 Å². The van der Waals surface area contributed by atoms with Crippen molar-refractivity contribution in [3.8, 4) is 0 Å². The molecule has 0 aliphatic carbocycles. The lowest BCUT2D eigenvalue weighted by atomic mass is 10.3. The van der Waals surface area contributed by atoms with Crippen LogP contribution in [0.2, 0.25) is 0 Å². The molecule has 0 saturated heterocycles. The molecule has 0 saturated carbocycles. The molecule has 0 unspecified atom stereocenters. The van der Waals surface area contributed by atoms with Gasteiger partial charge in [-0.3, -0.25) is 10.1 Å². The van der Waals surface area contributed by atoms with Crippen LogP contribution in [0, 0.1) is 10.1 Å². The van der Waals surface area contributed by atoms with Crippen molar-refractivity contribution in [2.24, 2.45) is 0 Å². The molecule has 88 valence electrons. The van der Waals surface area contributed by atoms with E-state index in [1.807, 2.05) is 0 Å². The van der Waals surface area contributed by atoms with Gasteiger partial charge in [0.15, 0.2) is 4.90 Å². The van der Waals surface area contributed by atoms with E-state index in [-0.39, 0.29) is 4.90 Å². The molecular formula is C9H7N3O4S. The molecule has 0 N–H and O–H groups in total. The number of benzene rings is 1. The number of hydrogen-bond donors (Lipinski definition) is 0. The predicted octanol–water partition coefficient (Wildman–Crippen LogP) is 1.03. The Morgan fingerprint density at radius 1 is 1.24 bits per heavy atom. The minimum absolute atomic E-state index is 0.381. The molecule has 0 amide bonds. The molecule has 0 spiro atoms. The molecule has 8 heteroatoms. The summed E-state index contributed by atoms with van der Waals surface area (Å²) >= 11 is 0. The standard InChI is InChI=1S/C9H7N3O4S/c13-12(14)8-4-1-2-5-9(8)17(15,16)11-7-3-6-10-11/h1-7H. The molecular weight excluding hydrogens is 246 g/mol. The second-order valence-electron chi connectivity index (χ2n) is 3.11. The minimum Gasteiger partial charge on any atom is -0.258 e. The van der Waals surface area contributed by atoms with E-state index in [0.29, 0.717) is 4.09 Å². The molecule has 17 heavy (non-hydrogen) atoms. The van der Waals surface area contributed by atoms with Gasteiger partial charge >= 0.3 is 0 Å². The number of hydrogen-bond acceptors (Lipinski definition) is 5. The SMILES string of the molecule is O=[N+]([O-])c1ccccc1S(=O)(=O)n1cccn1. The highest BCUT2D eigenvalue weighted by Gasteiger charge is 2.26. The summed E-state index contributed by atoms with van der Waals surface area (Å²) in [4.78, 5) is 9.63. The summed E-state index contributed by atoms with van der Waals surface area (Å²) in [5.41, 5.74) is -0.469.